The Morgan fingerprint density at radius 3 is 2.35 bits per heavy atom. The standard InChI is InChI=1S/C26H17Cl3N2O2S/c1-15-21(13-24-25(32)31(26(33)34-24)19-10-8-17(27)9-11-19)20-4-2-3-5-23(20)30(15)14-16-6-7-18(28)12-22(16)29/h2-13H,14H2,1H3/b24-13+. The zero-order valence-electron chi connectivity index (χ0n) is 17.9. The Kier molecular flexibility index (Phi) is 6.21. The summed E-state index contributed by atoms with van der Waals surface area (Å²) < 4.78 is 2.15. The number of amides is 2. The molecular formula is C26H17Cl3N2O2S. The van der Waals surface area contributed by atoms with Gasteiger partial charge in [0.2, 0.25) is 0 Å². The third kappa shape index (κ3) is 4.14. The lowest BCUT2D eigenvalue weighted by atomic mass is 10.1. The first-order chi connectivity index (χ1) is 16.3. The average Bonchev–Trinajstić information content (AvgIpc) is 3.24. The fourth-order valence-corrected chi connectivity index (χ4v) is 5.49. The summed E-state index contributed by atoms with van der Waals surface area (Å²) in [5.41, 5.74) is 4.29. The van der Waals surface area contributed by atoms with Gasteiger partial charge in [0.05, 0.1) is 10.6 Å². The van der Waals surface area contributed by atoms with Crippen molar-refractivity contribution >= 4 is 80.4 Å². The molecule has 170 valence electrons. The number of nitrogens with zero attached hydrogens (tertiary/aromatic N) is 2. The maximum atomic E-state index is 13.2. The highest BCUT2D eigenvalue weighted by atomic mass is 35.5. The van der Waals surface area contributed by atoms with Crippen LogP contribution in [0.1, 0.15) is 16.8 Å². The van der Waals surface area contributed by atoms with Gasteiger partial charge < -0.3 is 4.57 Å². The molecule has 5 rings (SSSR count). The zero-order valence-corrected chi connectivity index (χ0v) is 21.0. The van der Waals surface area contributed by atoms with E-state index in [0.29, 0.717) is 32.2 Å². The van der Waals surface area contributed by atoms with Crippen LogP contribution in [0.5, 0.6) is 0 Å². The first-order valence-corrected chi connectivity index (χ1v) is 12.3. The van der Waals surface area contributed by atoms with Gasteiger partial charge >= 0.3 is 0 Å². The van der Waals surface area contributed by atoms with Crippen molar-refractivity contribution in [2.24, 2.45) is 0 Å². The molecule has 2 heterocycles. The molecule has 0 spiro atoms. The summed E-state index contributed by atoms with van der Waals surface area (Å²) in [4.78, 5) is 27.4. The van der Waals surface area contributed by atoms with Gasteiger partial charge in [-0.3, -0.25) is 9.59 Å². The van der Waals surface area contributed by atoms with Crippen LogP contribution in [0.15, 0.2) is 71.6 Å². The van der Waals surface area contributed by atoms with Crippen LogP contribution >= 0.6 is 46.6 Å². The third-order valence-electron chi connectivity index (χ3n) is 5.78. The number of halogens is 3. The van der Waals surface area contributed by atoms with Crippen LogP contribution in [-0.4, -0.2) is 15.7 Å². The van der Waals surface area contributed by atoms with Gasteiger partial charge in [0.1, 0.15) is 0 Å². The van der Waals surface area contributed by atoms with E-state index in [0.717, 1.165) is 39.5 Å². The summed E-state index contributed by atoms with van der Waals surface area (Å²) in [7, 11) is 0. The van der Waals surface area contributed by atoms with E-state index in [9.17, 15) is 9.59 Å². The topological polar surface area (TPSA) is 42.3 Å². The lowest BCUT2D eigenvalue weighted by molar-refractivity contribution is -0.113. The molecule has 0 N–H and O–H groups in total. The van der Waals surface area contributed by atoms with Gasteiger partial charge in [0, 0.05) is 43.8 Å². The molecule has 4 nitrogen and oxygen atoms in total. The van der Waals surface area contributed by atoms with Gasteiger partial charge in [0.15, 0.2) is 0 Å². The molecule has 34 heavy (non-hydrogen) atoms. The molecule has 8 heteroatoms. The Morgan fingerprint density at radius 2 is 1.62 bits per heavy atom. The quantitative estimate of drug-likeness (QED) is 0.251. The molecule has 3 aromatic carbocycles. The van der Waals surface area contributed by atoms with Crippen molar-refractivity contribution in [1.82, 2.24) is 4.57 Å². The van der Waals surface area contributed by atoms with Gasteiger partial charge in [-0.15, -0.1) is 0 Å². The van der Waals surface area contributed by atoms with Crippen LogP contribution in [0.3, 0.4) is 0 Å². The maximum absolute atomic E-state index is 13.2. The van der Waals surface area contributed by atoms with Crippen LogP contribution in [-0.2, 0) is 11.3 Å². The molecule has 1 aromatic heterocycles. The number of benzene rings is 3. The summed E-state index contributed by atoms with van der Waals surface area (Å²) in [5.74, 6) is -0.353. The van der Waals surface area contributed by atoms with Crippen molar-refractivity contribution in [1.29, 1.82) is 0 Å². The molecule has 1 aliphatic rings. The number of hydrogen-bond donors (Lipinski definition) is 0. The maximum Gasteiger partial charge on any atom is 0.298 e. The van der Waals surface area contributed by atoms with Crippen molar-refractivity contribution in [2.75, 3.05) is 4.90 Å². The Bertz CT molecular complexity index is 1490. The molecule has 0 atom stereocenters. The minimum Gasteiger partial charge on any atom is -0.340 e. The van der Waals surface area contributed by atoms with E-state index in [1.54, 1.807) is 36.4 Å². The number of carbonyl (C=O) groups excluding carboxylic acids is 2. The highest BCUT2D eigenvalue weighted by Gasteiger charge is 2.36. The van der Waals surface area contributed by atoms with E-state index in [-0.39, 0.29) is 11.1 Å². The number of fused-ring (bicyclic) bond motifs is 1. The summed E-state index contributed by atoms with van der Waals surface area (Å²) in [6.45, 7) is 2.54. The Morgan fingerprint density at radius 1 is 0.912 bits per heavy atom. The Hall–Kier alpha value is -2.70. The zero-order chi connectivity index (χ0) is 24.0. The lowest BCUT2D eigenvalue weighted by Gasteiger charge is -2.12. The number of aromatic nitrogens is 1. The summed E-state index contributed by atoms with van der Waals surface area (Å²) in [6.07, 6.45) is 1.80. The number of para-hydroxylation sites is 1. The number of hydrogen-bond acceptors (Lipinski definition) is 3. The van der Waals surface area contributed by atoms with Crippen molar-refractivity contribution in [2.45, 2.75) is 13.5 Å². The number of imide groups is 1. The molecular weight excluding hydrogens is 511 g/mol. The highest BCUT2D eigenvalue weighted by molar-refractivity contribution is 8.19. The van der Waals surface area contributed by atoms with Crippen LogP contribution in [0.2, 0.25) is 15.1 Å². The first-order valence-electron chi connectivity index (χ1n) is 10.4. The van der Waals surface area contributed by atoms with Gasteiger partial charge in [-0.25, -0.2) is 4.90 Å². The Balaban J connectivity index is 1.57. The number of rotatable bonds is 4. The molecule has 0 unspecified atom stereocenters. The molecule has 4 aromatic rings. The molecule has 1 fully saturated rings. The van der Waals surface area contributed by atoms with Crippen molar-refractivity contribution < 1.29 is 9.59 Å². The van der Waals surface area contributed by atoms with Crippen LogP contribution in [0.4, 0.5) is 10.5 Å². The second-order valence-electron chi connectivity index (χ2n) is 7.83. The van der Waals surface area contributed by atoms with Crippen molar-refractivity contribution in [3.05, 3.63) is 104 Å². The van der Waals surface area contributed by atoms with Gasteiger partial charge in [0.25, 0.3) is 11.1 Å². The van der Waals surface area contributed by atoms with E-state index >= 15 is 0 Å². The summed E-state index contributed by atoms with van der Waals surface area (Å²) >= 11 is 19.4. The van der Waals surface area contributed by atoms with Gasteiger partial charge in [-0.2, -0.15) is 0 Å². The minimum atomic E-state index is -0.353. The van der Waals surface area contributed by atoms with E-state index < -0.39 is 0 Å². The highest BCUT2D eigenvalue weighted by Crippen LogP contribution is 2.38. The normalized spacial score (nSPS) is 15.2. The molecule has 2 amide bonds. The number of carbonyl (C=O) groups is 2. The molecule has 0 radical (unpaired) electrons. The molecule has 1 aliphatic heterocycles. The monoisotopic (exact) mass is 526 g/mol. The predicted molar refractivity (Wildman–Crippen MR) is 142 cm³/mol. The number of anilines is 1. The fraction of sp³-hybridized carbons (Fsp3) is 0.0769. The molecule has 0 aliphatic carbocycles. The van der Waals surface area contributed by atoms with Crippen LogP contribution < -0.4 is 4.90 Å². The van der Waals surface area contributed by atoms with Gasteiger partial charge in [-0.1, -0.05) is 59.1 Å². The Labute approximate surface area is 215 Å². The van der Waals surface area contributed by atoms with Gasteiger partial charge in [-0.05, 0) is 72.8 Å². The average molecular weight is 528 g/mol. The molecule has 0 bridgehead atoms. The minimum absolute atomic E-state index is 0.340. The smallest absolute Gasteiger partial charge is 0.298 e. The lowest BCUT2D eigenvalue weighted by Crippen LogP contribution is -2.27. The molecule has 0 saturated carbocycles. The van der Waals surface area contributed by atoms with Crippen molar-refractivity contribution in [3.8, 4) is 0 Å². The SMILES string of the molecule is Cc1c(/C=C2/SC(=O)N(c3ccc(Cl)cc3)C2=O)c2ccccc2n1Cc1ccc(Cl)cc1Cl. The summed E-state index contributed by atoms with van der Waals surface area (Å²) in [5, 5.41) is 2.36. The van der Waals surface area contributed by atoms with Crippen molar-refractivity contribution in [3.63, 3.8) is 0 Å². The first kappa shape index (κ1) is 23.1. The van der Waals surface area contributed by atoms with E-state index in [1.807, 2.05) is 43.3 Å². The van der Waals surface area contributed by atoms with E-state index in [1.165, 1.54) is 4.90 Å². The van der Waals surface area contributed by atoms with E-state index in [4.69, 9.17) is 34.8 Å². The van der Waals surface area contributed by atoms with Crippen LogP contribution in [0.25, 0.3) is 17.0 Å². The predicted octanol–water partition coefficient (Wildman–Crippen LogP) is 8.20. The second-order valence-corrected chi connectivity index (χ2v) is 10.1. The third-order valence-corrected chi connectivity index (χ3v) is 7.49. The second kappa shape index (κ2) is 9.16. The summed E-state index contributed by atoms with van der Waals surface area (Å²) in [6, 6.07) is 20.1. The number of thioether (sulfide) groups is 1. The fourth-order valence-electron chi connectivity index (χ4n) is 4.08. The van der Waals surface area contributed by atoms with E-state index in [2.05, 4.69) is 4.57 Å². The largest absolute Gasteiger partial charge is 0.340 e. The van der Waals surface area contributed by atoms with Crippen LogP contribution in [0, 0.1) is 6.92 Å². The molecule has 1 saturated heterocycles.